The summed E-state index contributed by atoms with van der Waals surface area (Å²) in [6, 6.07) is 6.38. The Morgan fingerprint density at radius 1 is 1.20 bits per heavy atom. The molecule has 0 radical (unpaired) electrons. The number of aliphatic hydroxyl groups excluding tert-OH is 1. The Bertz CT molecular complexity index is 335. The monoisotopic (exact) mass is 205 g/mol. The maximum atomic E-state index is 9.84. The maximum Gasteiger partial charge on any atom is 0.0802 e. The van der Waals surface area contributed by atoms with E-state index in [4.69, 9.17) is 5.73 Å². The molecule has 3 N–H and O–H groups in total. The SMILES string of the molecule is NCCC(O)c1ccc2c(c1)CCCC2. The molecular weight excluding hydrogens is 186 g/mol. The van der Waals surface area contributed by atoms with E-state index in [-0.39, 0.29) is 6.10 Å². The third kappa shape index (κ3) is 2.39. The van der Waals surface area contributed by atoms with Gasteiger partial charge in [0.2, 0.25) is 0 Å². The van der Waals surface area contributed by atoms with E-state index in [9.17, 15) is 5.11 Å². The summed E-state index contributed by atoms with van der Waals surface area (Å²) in [5, 5.41) is 9.84. The van der Waals surface area contributed by atoms with E-state index in [1.165, 1.54) is 36.8 Å². The Labute approximate surface area is 91.1 Å². The van der Waals surface area contributed by atoms with Crippen LogP contribution in [0.1, 0.15) is 42.1 Å². The lowest BCUT2D eigenvalue weighted by atomic mass is 9.89. The predicted molar refractivity (Wildman–Crippen MR) is 61.7 cm³/mol. The van der Waals surface area contributed by atoms with Gasteiger partial charge in [0.1, 0.15) is 0 Å². The molecule has 0 saturated heterocycles. The van der Waals surface area contributed by atoms with Gasteiger partial charge in [-0.05, 0) is 55.3 Å². The maximum absolute atomic E-state index is 9.84. The number of nitrogens with two attached hydrogens (primary N) is 1. The molecule has 82 valence electrons. The number of aliphatic hydroxyl groups is 1. The molecule has 0 heterocycles. The lowest BCUT2D eigenvalue weighted by Gasteiger charge is -2.18. The van der Waals surface area contributed by atoms with Gasteiger partial charge < -0.3 is 10.8 Å². The van der Waals surface area contributed by atoms with Gasteiger partial charge in [0.15, 0.2) is 0 Å². The van der Waals surface area contributed by atoms with Crippen LogP contribution < -0.4 is 5.73 Å². The van der Waals surface area contributed by atoms with Gasteiger partial charge in [-0.3, -0.25) is 0 Å². The summed E-state index contributed by atoms with van der Waals surface area (Å²) in [6.07, 6.45) is 5.21. The Hall–Kier alpha value is -0.860. The van der Waals surface area contributed by atoms with E-state index < -0.39 is 0 Å². The highest BCUT2D eigenvalue weighted by Crippen LogP contribution is 2.25. The highest BCUT2D eigenvalue weighted by atomic mass is 16.3. The van der Waals surface area contributed by atoms with Gasteiger partial charge >= 0.3 is 0 Å². The van der Waals surface area contributed by atoms with E-state index in [1.807, 2.05) is 6.07 Å². The third-order valence-electron chi connectivity index (χ3n) is 3.20. The number of hydrogen-bond donors (Lipinski definition) is 2. The van der Waals surface area contributed by atoms with Crippen LogP contribution in [-0.2, 0) is 12.8 Å². The topological polar surface area (TPSA) is 46.2 Å². The number of aryl methyl sites for hydroxylation is 2. The number of rotatable bonds is 3. The van der Waals surface area contributed by atoms with Crippen LogP contribution in [0.15, 0.2) is 18.2 Å². The summed E-state index contributed by atoms with van der Waals surface area (Å²) >= 11 is 0. The van der Waals surface area contributed by atoms with E-state index in [2.05, 4.69) is 12.1 Å². The van der Waals surface area contributed by atoms with Gasteiger partial charge in [-0.2, -0.15) is 0 Å². The van der Waals surface area contributed by atoms with Crippen molar-refractivity contribution in [3.8, 4) is 0 Å². The van der Waals surface area contributed by atoms with Gasteiger partial charge in [-0.15, -0.1) is 0 Å². The average molecular weight is 205 g/mol. The Balaban J connectivity index is 2.20. The summed E-state index contributed by atoms with van der Waals surface area (Å²) in [6.45, 7) is 0.540. The fourth-order valence-corrected chi connectivity index (χ4v) is 2.29. The molecule has 2 heteroatoms. The Morgan fingerprint density at radius 2 is 1.93 bits per heavy atom. The van der Waals surface area contributed by atoms with E-state index in [0.717, 1.165) is 5.56 Å². The molecule has 1 aromatic carbocycles. The van der Waals surface area contributed by atoms with E-state index in [1.54, 1.807) is 0 Å². The highest BCUT2D eigenvalue weighted by molar-refractivity contribution is 5.34. The normalized spacial score (nSPS) is 17.2. The van der Waals surface area contributed by atoms with Crippen LogP contribution in [0.2, 0.25) is 0 Å². The minimum Gasteiger partial charge on any atom is -0.388 e. The second kappa shape index (κ2) is 4.77. The molecule has 0 amide bonds. The van der Waals surface area contributed by atoms with Crippen LogP contribution in [0.25, 0.3) is 0 Å². The molecule has 0 saturated carbocycles. The smallest absolute Gasteiger partial charge is 0.0802 e. The van der Waals surface area contributed by atoms with Crippen molar-refractivity contribution >= 4 is 0 Å². The van der Waals surface area contributed by atoms with Gasteiger partial charge in [-0.1, -0.05) is 18.2 Å². The summed E-state index contributed by atoms with van der Waals surface area (Å²) < 4.78 is 0. The minimum atomic E-state index is -0.387. The molecule has 2 rings (SSSR count). The molecule has 0 aromatic heterocycles. The van der Waals surface area contributed by atoms with Crippen molar-refractivity contribution in [2.45, 2.75) is 38.2 Å². The number of fused-ring (bicyclic) bond motifs is 1. The molecule has 1 aliphatic carbocycles. The summed E-state index contributed by atoms with van der Waals surface area (Å²) in [5.74, 6) is 0. The van der Waals surface area contributed by atoms with Crippen molar-refractivity contribution in [2.75, 3.05) is 6.54 Å². The molecule has 1 atom stereocenters. The van der Waals surface area contributed by atoms with Crippen LogP contribution in [0.5, 0.6) is 0 Å². The van der Waals surface area contributed by atoms with Crippen molar-refractivity contribution in [1.82, 2.24) is 0 Å². The molecule has 1 aromatic rings. The van der Waals surface area contributed by atoms with Gasteiger partial charge in [0.05, 0.1) is 6.10 Å². The van der Waals surface area contributed by atoms with Gasteiger partial charge in [0.25, 0.3) is 0 Å². The summed E-state index contributed by atoms with van der Waals surface area (Å²) in [4.78, 5) is 0. The molecule has 0 fully saturated rings. The number of hydrogen-bond acceptors (Lipinski definition) is 2. The van der Waals surface area contributed by atoms with Crippen molar-refractivity contribution in [1.29, 1.82) is 0 Å². The quantitative estimate of drug-likeness (QED) is 0.792. The highest BCUT2D eigenvalue weighted by Gasteiger charge is 2.12. The zero-order valence-corrected chi connectivity index (χ0v) is 9.08. The molecule has 15 heavy (non-hydrogen) atoms. The van der Waals surface area contributed by atoms with E-state index >= 15 is 0 Å². The van der Waals surface area contributed by atoms with Gasteiger partial charge in [0, 0.05) is 0 Å². The molecular formula is C13H19NO. The van der Waals surface area contributed by atoms with Gasteiger partial charge in [-0.25, -0.2) is 0 Å². The first kappa shape index (κ1) is 10.7. The fraction of sp³-hybridized carbons (Fsp3) is 0.538. The van der Waals surface area contributed by atoms with Crippen LogP contribution in [0.3, 0.4) is 0 Å². The number of benzene rings is 1. The Morgan fingerprint density at radius 3 is 2.67 bits per heavy atom. The molecule has 1 aliphatic rings. The van der Waals surface area contributed by atoms with Crippen LogP contribution in [0.4, 0.5) is 0 Å². The van der Waals surface area contributed by atoms with Crippen LogP contribution in [-0.4, -0.2) is 11.7 Å². The van der Waals surface area contributed by atoms with Crippen molar-refractivity contribution in [2.24, 2.45) is 5.73 Å². The first-order valence-corrected chi connectivity index (χ1v) is 5.81. The van der Waals surface area contributed by atoms with Crippen molar-refractivity contribution in [3.05, 3.63) is 34.9 Å². The first-order valence-electron chi connectivity index (χ1n) is 5.81. The lowest BCUT2D eigenvalue weighted by Crippen LogP contribution is -2.09. The second-order valence-corrected chi connectivity index (χ2v) is 4.33. The zero-order valence-electron chi connectivity index (χ0n) is 9.08. The lowest BCUT2D eigenvalue weighted by molar-refractivity contribution is 0.170. The molecule has 1 unspecified atom stereocenters. The van der Waals surface area contributed by atoms with Crippen LogP contribution in [0, 0.1) is 0 Å². The molecule has 0 spiro atoms. The standard InChI is InChI=1S/C13H19NO/c14-8-7-13(15)12-6-5-10-3-1-2-4-11(10)9-12/h5-6,9,13,15H,1-4,7-8,14H2. The van der Waals surface area contributed by atoms with Crippen molar-refractivity contribution < 1.29 is 5.11 Å². The molecule has 2 nitrogen and oxygen atoms in total. The molecule has 0 bridgehead atoms. The predicted octanol–water partition coefficient (Wildman–Crippen LogP) is 1.95. The van der Waals surface area contributed by atoms with Crippen LogP contribution >= 0.6 is 0 Å². The largest absolute Gasteiger partial charge is 0.388 e. The summed E-state index contributed by atoms with van der Waals surface area (Å²) in [7, 11) is 0. The molecule has 0 aliphatic heterocycles. The summed E-state index contributed by atoms with van der Waals surface area (Å²) in [5.41, 5.74) is 9.36. The minimum absolute atomic E-state index is 0.387. The van der Waals surface area contributed by atoms with E-state index in [0.29, 0.717) is 13.0 Å². The fourth-order valence-electron chi connectivity index (χ4n) is 2.29. The third-order valence-corrected chi connectivity index (χ3v) is 3.20. The zero-order chi connectivity index (χ0) is 10.7. The Kier molecular flexibility index (Phi) is 3.39. The first-order chi connectivity index (χ1) is 7.31. The van der Waals surface area contributed by atoms with Crippen molar-refractivity contribution in [3.63, 3.8) is 0 Å². The second-order valence-electron chi connectivity index (χ2n) is 4.33. The average Bonchev–Trinajstić information content (AvgIpc) is 2.29.